The summed E-state index contributed by atoms with van der Waals surface area (Å²) < 4.78 is 16.5. The molecule has 3 rings (SSSR count). The van der Waals surface area contributed by atoms with Crippen LogP contribution in [0.2, 0.25) is 0 Å². The molecule has 0 amide bonds. The molecule has 0 aliphatic carbocycles. The molecule has 0 saturated heterocycles. The highest BCUT2D eigenvalue weighted by Gasteiger charge is 2.11. The molecule has 92 valence electrons. The smallest absolute Gasteiger partial charge is 0.201 e. The predicted molar refractivity (Wildman–Crippen MR) is 64.2 cm³/mol. The number of benzene rings is 1. The van der Waals surface area contributed by atoms with Crippen LogP contribution >= 0.6 is 0 Å². The Morgan fingerprint density at radius 1 is 1.39 bits per heavy atom. The average Bonchev–Trinajstić information content (AvgIpc) is 2.86. The van der Waals surface area contributed by atoms with Crippen LogP contribution in [0.3, 0.4) is 0 Å². The molecule has 0 spiro atoms. The minimum atomic E-state index is -0.322. The Bertz CT molecular complexity index is 713. The molecular weight excluding hydrogens is 235 g/mol. The van der Waals surface area contributed by atoms with Gasteiger partial charge in [-0.05, 0) is 18.2 Å². The summed E-state index contributed by atoms with van der Waals surface area (Å²) in [5.74, 6) is 0.605. The molecule has 0 bridgehead atoms. The Labute approximate surface area is 102 Å². The highest BCUT2D eigenvalue weighted by molar-refractivity contribution is 5.78. The van der Waals surface area contributed by atoms with E-state index in [1.165, 1.54) is 12.1 Å². The van der Waals surface area contributed by atoms with Crippen molar-refractivity contribution in [3.63, 3.8) is 0 Å². The van der Waals surface area contributed by atoms with Crippen LogP contribution < -0.4 is 5.73 Å². The summed E-state index contributed by atoms with van der Waals surface area (Å²) >= 11 is 0. The second-order valence-corrected chi connectivity index (χ2v) is 4.02. The maximum absolute atomic E-state index is 13.3. The number of hydrogen-bond donors (Lipinski definition) is 1. The lowest BCUT2D eigenvalue weighted by atomic mass is 10.3. The first-order valence-electron chi connectivity index (χ1n) is 5.39. The number of halogens is 1. The maximum Gasteiger partial charge on any atom is 0.201 e. The third-order valence-electron chi connectivity index (χ3n) is 2.69. The zero-order chi connectivity index (χ0) is 12.7. The number of hydrogen-bond acceptors (Lipinski definition) is 4. The second kappa shape index (κ2) is 3.80. The molecule has 0 aliphatic rings. The first-order chi connectivity index (χ1) is 8.63. The van der Waals surface area contributed by atoms with E-state index in [0.717, 1.165) is 0 Å². The van der Waals surface area contributed by atoms with E-state index in [4.69, 9.17) is 5.73 Å². The quantitative estimate of drug-likeness (QED) is 0.730. The molecule has 7 heteroatoms. The topological polar surface area (TPSA) is 74.5 Å². The number of anilines is 1. The number of nitrogens with zero attached hydrogens (tertiary/aromatic N) is 5. The Morgan fingerprint density at radius 3 is 2.94 bits per heavy atom. The number of nitrogen functional groups attached to an aromatic ring is 1. The lowest BCUT2D eigenvalue weighted by Gasteiger charge is -2.02. The van der Waals surface area contributed by atoms with Gasteiger partial charge in [0.25, 0.3) is 0 Å². The van der Waals surface area contributed by atoms with E-state index in [1.54, 1.807) is 28.7 Å². The van der Waals surface area contributed by atoms with Gasteiger partial charge in [-0.1, -0.05) is 0 Å². The first kappa shape index (κ1) is 10.7. The SMILES string of the molecule is Cn1cnc(Cn2c(N)nc3ccc(F)cc32)n1. The van der Waals surface area contributed by atoms with E-state index in [0.29, 0.717) is 29.4 Å². The number of aromatic nitrogens is 5. The summed E-state index contributed by atoms with van der Waals surface area (Å²) in [6, 6.07) is 4.36. The van der Waals surface area contributed by atoms with Crippen molar-refractivity contribution in [1.82, 2.24) is 24.3 Å². The molecule has 2 aromatic heterocycles. The van der Waals surface area contributed by atoms with Gasteiger partial charge in [-0.3, -0.25) is 4.68 Å². The molecule has 3 aromatic rings. The van der Waals surface area contributed by atoms with Gasteiger partial charge in [0.1, 0.15) is 12.1 Å². The van der Waals surface area contributed by atoms with Crippen molar-refractivity contribution in [1.29, 1.82) is 0 Å². The molecule has 0 saturated carbocycles. The number of aryl methyl sites for hydroxylation is 1. The van der Waals surface area contributed by atoms with Crippen LogP contribution in [0.25, 0.3) is 11.0 Å². The van der Waals surface area contributed by atoms with E-state index in [-0.39, 0.29) is 5.82 Å². The van der Waals surface area contributed by atoms with Gasteiger partial charge in [0, 0.05) is 7.05 Å². The molecule has 6 nitrogen and oxygen atoms in total. The fourth-order valence-electron chi connectivity index (χ4n) is 1.88. The van der Waals surface area contributed by atoms with Crippen molar-refractivity contribution in [2.45, 2.75) is 6.54 Å². The average molecular weight is 246 g/mol. The molecule has 0 aliphatic heterocycles. The van der Waals surface area contributed by atoms with Gasteiger partial charge in [0.2, 0.25) is 5.95 Å². The molecule has 0 fully saturated rings. The van der Waals surface area contributed by atoms with Gasteiger partial charge in [0.15, 0.2) is 5.82 Å². The van der Waals surface area contributed by atoms with Crippen molar-refractivity contribution in [3.05, 3.63) is 36.2 Å². The summed E-state index contributed by atoms with van der Waals surface area (Å²) in [5.41, 5.74) is 7.12. The van der Waals surface area contributed by atoms with E-state index in [2.05, 4.69) is 15.1 Å². The maximum atomic E-state index is 13.3. The number of imidazole rings is 1. The van der Waals surface area contributed by atoms with E-state index in [9.17, 15) is 4.39 Å². The third kappa shape index (κ3) is 1.69. The number of fused-ring (bicyclic) bond motifs is 1. The van der Waals surface area contributed by atoms with Crippen LogP contribution in [0.5, 0.6) is 0 Å². The molecule has 2 N–H and O–H groups in total. The van der Waals surface area contributed by atoms with Crippen LogP contribution in [0, 0.1) is 5.82 Å². The van der Waals surface area contributed by atoms with Crippen molar-refractivity contribution in [2.24, 2.45) is 7.05 Å². The molecular formula is C11H11FN6. The van der Waals surface area contributed by atoms with Gasteiger partial charge >= 0.3 is 0 Å². The summed E-state index contributed by atoms with van der Waals surface area (Å²) in [6.07, 6.45) is 1.60. The summed E-state index contributed by atoms with van der Waals surface area (Å²) in [4.78, 5) is 8.28. The fourth-order valence-corrected chi connectivity index (χ4v) is 1.88. The van der Waals surface area contributed by atoms with Crippen molar-refractivity contribution >= 4 is 17.0 Å². The normalized spacial score (nSPS) is 11.2. The Kier molecular flexibility index (Phi) is 2.26. The van der Waals surface area contributed by atoms with Crippen molar-refractivity contribution < 1.29 is 4.39 Å². The zero-order valence-corrected chi connectivity index (χ0v) is 9.71. The van der Waals surface area contributed by atoms with Crippen molar-refractivity contribution in [3.8, 4) is 0 Å². The van der Waals surface area contributed by atoms with Crippen LogP contribution in [-0.4, -0.2) is 24.3 Å². The van der Waals surface area contributed by atoms with Gasteiger partial charge in [-0.25, -0.2) is 14.4 Å². The van der Waals surface area contributed by atoms with Gasteiger partial charge in [0.05, 0.1) is 17.6 Å². The lowest BCUT2D eigenvalue weighted by Crippen LogP contribution is -2.06. The number of rotatable bonds is 2. The Morgan fingerprint density at radius 2 is 2.22 bits per heavy atom. The van der Waals surface area contributed by atoms with E-state index in [1.807, 2.05) is 0 Å². The van der Waals surface area contributed by atoms with Gasteiger partial charge in [-0.2, -0.15) is 5.10 Å². The minimum absolute atomic E-state index is 0.322. The standard InChI is InChI=1S/C11H11FN6/c1-17-6-14-10(16-17)5-18-9-4-7(12)2-3-8(9)15-11(18)13/h2-4,6H,5H2,1H3,(H2,13,15). The predicted octanol–water partition coefficient (Wildman–Crippen LogP) is 0.934. The van der Waals surface area contributed by atoms with Crippen LogP contribution in [0.1, 0.15) is 5.82 Å². The highest BCUT2D eigenvalue weighted by atomic mass is 19.1. The molecule has 2 heterocycles. The Hall–Kier alpha value is -2.44. The lowest BCUT2D eigenvalue weighted by molar-refractivity contribution is 0.628. The monoisotopic (exact) mass is 246 g/mol. The second-order valence-electron chi connectivity index (χ2n) is 4.02. The van der Waals surface area contributed by atoms with E-state index < -0.39 is 0 Å². The minimum Gasteiger partial charge on any atom is -0.369 e. The van der Waals surface area contributed by atoms with Gasteiger partial charge in [-0.15, -0.1) is 0 Å². The Balaban J connectivity index is 2.10. The molecule has 18 heavy (non-hydrogen) atoms. The molecule has 0 radical (unpaired) electrons. The third-order valence-corrected chi connectivity index (χ3v) is 2.69. The number of nitrogens with two attached hydrogens (primary N) is 1. The van der Waals surface area contributed by atoms with E-state index >= 15 is 0 Å². The highest BCUT2D eigenvalue weighted by Crippen LogP contribution is 2.19. The zero-order valence-electron chi connectivity index (χ0n) is 9.71. The van der Waals surface area contributed by atoms with Crippen molar-refractivity contribution in [2.75, 3.05) is 5.73 Å². The summed E-state index contributed by atoms with van der Waals surface area (Å²) in [5, 5.41) is 4.16. The fraction of sp³-hybridized carbons (Fsp3) is 0.182. The molecule has 1 aromatic carbocycles. The summed E-state index contributed by atoms with van der Waals surface area (Å²) in [6.45, 7) is 0.368. The van der Waals surface area contributed by atoms with Gasteiger partial charge < -0.3 is 10.3 Å². The van der Waals surface area contributed by atoms with Crippen LogP contribution in [0.15, 0.2) is 24.5 Å². The summed E-state index contributed by atoms with van der Waals surface area (Å²) in [7, 11) is 1.78. The van der Waals surface area contributed by atoms with Crippen LogP contribution in [0.4, 0.5) is 10.3 Å². The molecule has 0 atom stereocenters. The largest absolute Gasteiger partial charge is 0.369 e. The van der Waals surface area contributed by atoms with Crippen LogP contribution in [-0.2, 0) is 13.6 Å². The first-order valence-corrected chi connectivity index (χ1v) is 5.39. The molecule has 0 unspecified atom stereocenters.